The topological polar surface area (TPSA) is 194 Å². The highest BCUT2D eigenvalue weighted by Gasteiger charge is 2.30. The van der Waals surface area contributed by atoms with E-state index in [1.165, 1.54) is 28.3 Å². The van der Waals surface area contributed by atoms with Gasteiger partial charge in [-0.05, 0) is 117 Å². The Bertz CT molecular complexity index is 1770. The molecular weight excluding hydrogens is 714 g/mol. The van der Waals surface area contributed by atoms with Crippen LogP contribution in [-0.2, 0) is 38.2 Å². The first-order chi connectivity index (χ1) is 25.3. The lowest BCUT2D eigenvalue weighted by molar-refractivity contribution is -0.385. The molecule has 2 heterocycles. The predicted molar refractivity (Wildman–Crippen MR) is 208 cm³/mol. The zero-order chi connectivity index (χ0) is 41.7. The maximum atomic E-state index is 12.0. The summed E-state index contributed by atoms with van der Waals surface area (Å²) >= 11 is 0. The van der Waals surface area contributed by atoms with Gasteiger partial charge in [0.1, 0.15) is 16.8 Å². The summed E-state index contributed by atoms with van der Waals surface area (Å²) in [5, 5.41) is 21.2. The van der Waals surface area contributed by atoms with Crippen LogP contribution in [0, 0.1) is 20.2 Å². The van der Waals surface area contributed by atoms with Crippen molar-refractivity contribution in [3.63, 3.8) is 0 Å². The molecule has 55 heavy (non-hydrogen) atoms. The molecule has 1 aliphatic heterocycles. The number of carbonyl (C=O) groups is 3. The number of pyridine rings is 1. The van der Waals surface area contributed by atoms with Gasteiger partial charge in [0.05, 0.1) is 15.5 Å². The van der Waals surface area contributed by atoms with Crippen LogP contribution in [0.2, 0.25) is 0 Å². The Hall–Kier alpha value is -5.80. The molecule has 0 saturated heterocycles. The second-order valence-electron chi connectivity index (χ2n) is 15.6. The van der Waals surface area contributed by atoms with Gasteiger partial charge in [0.15, 0.2) is 0 Å². The number of ether oxygens (including phenoxy) is 4. The fraction of sp³-hybridized carbons (Fsp3) is 0.487. The van der Waals surface area contributed by atoms with Gasteiger partial charge in [-0.3, -0.25) is 30.1 Å². The fourth-order valence-electron chi connectivity index (χ4n) is 4.91. The van der Waals surface area contributed by atoms with Crippen LogP contribution in [0.3, 0.4) is 0 Å². The first kappa shape index (κ1) is 45.4. The van der Waals surface area contributed by atoms with Crippen molar-refractivity contribution >= 4 is 41.2 Å². The van der Waals surface area contributed by atoms with Gasteiger partial charge < -0.3 is 23.8 Å². The molecule has 300 valence electrons. The van der Waals surface area contributed by atoms with Gasteiger partial charge >= 0.3 is 18.4 Å². The minimum atomic E-state index is -1.06. The smallest absolute Gasteiger partial charge is 0.443 e. The van der Waals surface area contributed by atoms with E-state index in [-0.39, 0.29) is 16.3 Å². The SMILES string of the molecule is CC(C)(C)OC(=O)N1CCc2ccc([N+](=O)[O-])cc21.CC(C)(C)OC(=O)OC(=O)OC(C)(C)C.CN(C)c1ccncc1.O=[N+]([O-])c1ccc2c(c1)CCC2. The van der Waals surface area contributed by atoms with Crippen molar-refractivity contribution in [1.29, 1.82) is 0 Å². The molecule has 3 aromatic rings. The van der Waals surface area contributed by atoms with E-state index in [0.717, 1.165) is 30.4 Å². The summed E-state index contributed by atoms with van der Waals surface area (Å²) < 4.78 is 19.1. The van der Waals surface area contributed by atoms with Crippen molar-refractivity contribution in [2.45, 2.75) is 105 Å². The third kappa shape index (κ3) is 16.8. The Kier molecular flexibility index (Phi) is 16.1. The highest BCUT2D eigenvalue weighted by Crippen LogP contribution is 2.32. The molecule has 0 N–H and O–H groups in total. The number of anilines is 2. The molecular formula is C39H53N5O11. The first-order valence-electron chi connectivity index (χ1n) is 17.6. The summed E-state index contributed by atoms with van der Waals surface area (Å²) in [4.78, 5) is 61.8. The number of nitro groups is 2. The highest BCUT2D eigenvalue weighted by molar-refractivity contribution is 5.91. The van der Waals surface area contributed by atoms with E-state index in [0.29, 0.717) is 18.7 Å². The lowest BCUT2D eigenvalue weighted by Gasteiger charge is -2.24. The van der Waals surface area contributed by atoms with E-state index >= 15 is 0 Å². The van der Waals surface area contributed by atoms with Crippen LogP contribution in [0.25, 0.3) is 0 Å². The van der Waals surface area contributed by atoms with Crippen molar-refractivity contribution in [2.75, 3.05) is 30.4 Å². The van der Waals surface area contributed by atoms with Gasteiger partial charge in [-0.15, -0.1) is 0 Å². The predicted octanol–water partition coefficient (Wildman–Crippen LogP) is 9.00. The standard InChI is InChI=1S/C13H16N2O4.C10H18O5.C9H9NO2.C7H10N2/c1-13(2,3)19-12(16)14-7-6-9-4-5-10(15(17)18)8-11(9)14;1-9(2,3)14-7(11)13-8(12)15-10(4,5)6;11-10(12)9-5-4-7-2-1-3-8(7)6-9;1-9(2)7-3-5-8-6-4-7/h4-5,8H,6-7H2,1-3H3;1-6H3;4-6H,1-3H2;3-6H,1-2H3. The molecule has 1 amide bonds. The van der Waals surface area contributed by atoms with Crippen molar-refractivity contribution in [1.82, 2.24) is 4.98 Å². The first-order valence-corrected chi connectivity index (χ1v) is 17.6. The monoisotopic (exact) mass is 767 g/mol. The Morgan fingerprint density at radius 1 is 0.673 bits per heavy atom. The average molecular weight is 768 g/mol. The Labute approximate surface area is 322 Å². The fourth-order valence-corrected chi connectivity index (χ4v) is 4.91. The summed E-state index contributed by atoms with van der Waals surface area (Å²) in [7, 11) is 4.02. The molecule has 2 aliphatic rings. The molecule has 0 bridgehead atoms. The van der Waals surface area contributed by atoms with Gasteiger partial charge in [-0.25, -0.2) is 14.4 Å². The van der Waals surface area contributed by atoms with E-state index in [9.17, 15) is 34.6 Å². The van der Waals surface area contributed by atoms with Crippen LogP contribution in [0.15, 0.2) is 60.9 Å². The third-order valence-corrected chi connectivity index (χ3v) is 7.21. The maximum absolute atomic E-state index is 12.0. The van der Waals surface area contributed by atoms with Gasteiger partial charge in [0, 0.05) is 63.0 Å². The number of nitro benzene ring substituents is 2. The molecule has 16 nitrogen and oxygen atoms in total. The van der Waals surface area contributed by atoms with Crippen LogP contribution in [0.4, 0.5) is 37.1 Å². The van der Waals surface area contributed by atoms with E-state index in [1.54, 1.807) is 92.9 Å². The summed E-state index contributed by atoms with van der Waals surface area (Å²) in [6.07, 6.45) is 4.89. The number of carbonyl (C=O) groups excluding carboxylic acids is 3. The molecule has 0 unspecified atom stereocenters. The summed E-state index contributed by atoms with van der Waals surface area (Å²) in [6.45, 7) is 15.9. The van der Waals surface area contributed by atoms with Crippen molar-refractivity contribution in [3.8, 4) is 0 Å². The van der Waals surface area contributed by atoms with Gasteiger partial charge in [0.25, 0.3) is 11.4 Å². The number of nitrogens with zero attached hydrogens (tertiary/aromatic N) is 5. The van der Waals surface area contributed by atoms with Gasteiger partial charge in [-0.2, -0.15) is 0 Å². The normalized spacial score (nSPS) is 12.7. The third-order valence-electron chi connectivity index (χ3n) is 7.21. The van der Waals surface area contributed by atoms with Crippen LogP contribution in [0.1, 0.15) is 85.4 Å². The van der Waals surface area contributed by atoms with Crippen molar-refractivity contribution < 1.29 is 43.2 Å². The number of hydrogen-bond acceptors (Lipinski definition) is 13. The zero-order valence-corrected chi connectivity index (χ0v) is 33.5. The number of benzene rings is 2. The van der Waals surface area contributed by atoms with Crippen molar-refractivity contribution in [2.24, 2.45) is 0 Å². The molecule has 16 heteroatoms. The van der Waals surface area contributed by atoms with E-state index < -0.39 is 40.1 Å². The minimum Gasteiger partial charge on any atom is -0.443 e. The number of aryl methyl sites for hydroxylation is 2. The minimum absolute atomic E-state index is 0.0193. The average Bonchev–Trinajstić information content (AvgIpc) is 3.70. The number of fused-ring (bicyclic) bond motifs is 2. The Balaban J connectivity index is 0.000000262. The summed E-state index contributed by atoms with van der Waals surface area (Å²) in [5.41, 5.74) is 3.35. The number of non-ortho nitro benzene ring substituents is 2. The van der Waals surface area contributed by atoms with Crippen LogP contribution in [-0.4, -0.2) is 70.7 Å². The lowest BCUT2D eigenvalue weighted by Crippen LogP contribution is -2.35. The summed E-state index contributed by atoms with van der Waals surface area (Å²) in [5.74, 6) is 0. The largest absolute Gasteiger partial charge is 0.519 e. The molecule has 0 spiro atoms. The molecule has 0 radical (unpaired) electrons. The van der Waals surface area contributed by atoms with Crippen LogP contribution in [0.5, 0.6) is 0 Å². The number of amides is 1. The number of rotatable bonds is 3. The quantitative estimate of drug-likeness (QED) is 0.0806. The van der Waals surface area contributed by atoms with E-state index in [4.69, 9.17) is 14.2 Å². The summed E-state index contributed by atoms with van der Waals surface area (Å²) in [6, 6.07) is 13.7. The van der Waals surface area contributed by atoms with Crippen LogP contribution < -0.4 is 9.80 Å². The van der Waals surface area contributed by atoms with E-state index in [1.807, 2.05) is 37.2 Å². The molecule has 0 atom stereocenters. The van der Waals surface area contributed by atoms with Crippen molar-refractivity contribution in [3.05, 3.63) is 97.8 Å². The number of aromatic nitrogens is 1. The van der Waals surface area contributed by atoms with E-state index in [2.05, 4.69) is 9.72 Å². The molecule has 2 aromatic carbocycles. The van der Waals surface area contributed by atoms with Gasteiger partial charge in [-0.1, -0.05) is 12.1 Å². The molecule has 5 rings (SSSR count). The van der Waals surface area contributed by atoms with Gasteiger partial charge in [0.2, 0.25) is 0 Å². The second kappa shape index (κ2) is 19.5. The highest BCUT2D eigenvalue weighted by atomic mass is 16.8. The molecule has 1 aromatic heterocycles. The molecule has 0 saturated carbocycles. The lowest BCUT2D eigenvalue weighted by atomic mass is 10.1. The van der Waals surface area contributed by atoms with Crippen LogP contribution >= 0.6 is 0 Å². The molecule has 0 fully saturated rings. The Morgan fingerprint density at radius 3 is 1.60 bits per heavy atom. The molecule has 1 aliphatic carbocycles. The zero-order valence-electron chi connectivity index (χ0n) is 33.5. The second-order valence-corrected chi connectivity index (χ2v) is 15.6. The Morgan fingerprint density at radius 2 is 1.15 bits per heavy atom. The maximum Gasteiger partial charge on any atom is 0.519 e. The number of hydrogen-bond donors (Lipinski definition) is 0.